The molecule has 1 aliphatic rings. The molecular weight excluding hydrogens is 349 g/mol. The number of halogens is 3. The Bertz CT molecular complexity index is 417. The number of nitrogens with one attached hydrogen (secondary N) is 1. The van der Waals surface area contributed by atoms with Gasteiger partial charge in [0, 0.05) is 36.7 Å². The summed E-state index contributed by atoms with van der Waals surface area (Å²) in [7, 11) is 0. The first-order valence-electron chi connectivity index (χ1n) is 5.88. The van der Waals surface area contributed by atoms with Gasteiger partial charge in [0.1, 0.15) is 0 Å². The van der Waals surface area contributed by atoms with Crippen LogP contribution in [-0.2, 0) is 0 Å². The van der Waals surface area contributed by atoms with Crippen LogP contribution in [0.2, 0.25) is 0 Å². The minimum atomic E-state index is 0. The Kier molecular flexibility index (Phi) is 9.42. The predicted octanol–water partition coefficient (Wildman–Crippen LogP) is 3.15. The summed E-state index contributed by atoms with van der Waals surface area (Å²) in [5.74, 6) is 0. The molecule has 0 radical (unpaired) electrons. The maximum absolute atomic E-state index is 8.99. The molecule has 1 fully saturated rings. The van der Waals surface area contributed by atoms with Gasteiger partial charge in [-0.05, 0) is 17.7 Å². The Morgan fingerprint density at radius 3 is 2.58 bits per heavy atom. The number of nitrogens with zero attached hydrogens (tertiary/aromatic N) is 2. The lowest BCUT2D eigenvalue weighted by Gasteiger charge is -2.34. The highest BCUT2D eigenvalue weighted by atomic mass is 79.9. The molecule has 0 spiro atoms. The third kappa shape index (κ3) is 5.29. The van der Waals surface area contributed by atoms with Gasteiger partial charge in [-0.1, -0.05) is 28.1 Å². The van der Waals surface area contributed by atoms with Gasteiger partial charge in [-0.15, -0.1) is 24.8 Å². The minimum absolute atomic E-state index is 0. The average Bonchev–Trinajstić information content (AvgIpc) is 2.37. The molecule has 0 amide bonds. The molecule has 1 saturated heterocycles. The molecule has 6 heteroatoms. The maximum Gasteiger partial charge on any atom is 0.0641 e. The number of hydrogen-bond donors (Lipinski definition) is 1. The summed E-state index contributed by atoms with van der Waals surface area (Å²) in [6, 6.07) is 10.8. The quantitative estimate of drug-likeness (QED) is 0.892. The summed E-state index contributed by atoms with van der Waals surface area (Å²) < 4.78 is 1.08. The molecule has 1 aromatic rings. The highest BCUT2D eigenvalue weighted by Crippen LogP contribution is 2.26. The molecule has 0 unspecified atom stereocenters. The van der Waals surface area contributed by atoms with E-state index >= 15 is 0 Å². The van der Waals surface area contributed by atoms with Gasteiger partial charge >= 0.3 is 0 Å². The van der Waals surface area contributed by atoms with Gasteiger partial charge in [-0.2, -0.15) is 5.26 Å². The van der Waals surface area contributed by atoms with E-state index in [4.69, 9.17) is 5.26 Å². The second kappa shape index (κ2) is 9.57. The van der Waals surface area contributed by atoms with Crippen molar-refractivity contribution < 1.29 is 0 Å². The summed E-state index contributed by atoms with van der Waals surface area (Å²) in [5.41, 5.74) is 1.22. The van der Waals surface area contributed by atoms with Gasteiger partial charge in [0.2, 0.25) is 0 Å². The molecule has 0 saturated carbocycles. The van der Waals surface area contributed by atoms with Crippen LogP contribution in [0.25, 0.3) is 0 Å². The van der Waals surface area contributed by atoms with Gasteiger partial charge in [0.25, 0.3) is 0 Å². The Balaban J connectivity index is 0.00000162. The second-order valence-corrected chi connectivity index (χ2v) is 5.13. The number of benzene rings is 1. The van der Waals surface area contributed by atoms with E-state index in [0.29, 0.717) is 6.42 Å². The monoisotopic (exact) mass is 365 g/mol. The van der Waals surface area contributed by atoms with Crippen molar-refractivity contribution in [3.63, 3.8) is 0 Å². The SMILES string of the molecule is Cl.Cl.N#CC[C@@H](c1cccc(Br)c1)N1CCNCC1. The summed E-state index contributed by atoms with van der Waals surface area (Å²) in [6.07, 6.45) is 0.552. The number of piperazine rings is 1. The van der Waals surface area contributed by atoms with Crippen LogP contribution in [0.15, 0.2) is 28.7 Å². The van der Waals surface area contributed by atoms with Crippen LogP contribution in [0.5, 0.6) is 0 Å². The zero-order valence-corrected chi connectivity index (χ0v) is 13.7. The van der Waals surface area contributed by atoms with Gasteiger partial charge in [-0.3, -0.25) is 4.90 Å². The summed E-state index contributed by atoms with van der Waals surface area (Å²) >= 11 is 3.49. The van der Waals surface area contributed by atoms with Crippen LogP contribution >= 0.6 is 40.7 Å². The Morgan fingerprint density at radius 1 is 1.32 bits per heavy atom. The number of rotatable bonds is 3. The molecule has 0 aromatic heterocycles. The van der Waals surface area contributed by atoms with Crippen LogP contribution in [-0.4, -0.2) is 31.1 Å². The topological polar surface area (TPSA) is 39.1 Å². The normalized spacial score (nSPS) is 16.6. The van der Waals surface area contributed by atoms with Crippen molar-refractivity contribution >= 4 is 40.7 Å². The third-order valence-electron chi connectivity index (χ3n) is 3.11. The standard InChI is InChI=1S/C13H16BrN3.2ClH/c14-12-3-1-2-11(10-12)13(4-5-15)17-8-6-16-7-9-17;;/h1-3,10,13,16H,4,6-9H2;2*1H/t13-;;/m0../s1. The first-order chi connectivity index (χ1) is 8.31. The highest BCUT2D eigenvalue weighted by Gasteiger charge is 2.21. The molecule has 1 heterocycles. The largest absolute Gasteiger partial charge is 0.314 e. The summed E-state index contributed by atoms with van der Waals surface area (Å²) in [5, 5.41) is 12.3. The van der Waals surface area contributed by atoms with Crippen LogP contribution in [0, 0.1) is 11.3 Å². The van der Waals surface area contributed by atoms with E-state index in [0.717, 1.165) is 30.7 Å². The maximum atomic E-state index is 8.99. The Morgan fingerprint density at radius 2 is 2.00 bits per heavy atom. The van der Waals surface area contributed by atoms with E-state index in [1.165, 1.54) is 5.56 Å². The Hall–Kier alpha value is -0.310. The lowest BCUT2D eigenvalue weighted by molar-refractivity contribution is 0.175. The van der Waals surface area contributed by atoms with E-state index in [-0.39, 0.29) is 30.9 Å². The van der Waals surface area contributed by atoms with E-state index in [1.54, 1.807) is 0 Å². The predicted molar refractivity (Wildman–Crippen MR) is 86.1 cm³/mol. The number of nitriles is 1. The Labute approximate surface area is 135 Å². The first kappa shape index (κ1) is 18.7. The lowest BCUT2D eigenvalue weighted by Crippen LogP contribution is -2.45. The van der Waals surface area contributed by atoms with Crippen LogP contribution < -0.4 is 5.32 Å². The summed E-state index contributed by atoms with van der Waals surface area (Å²) in [4.78, 5) is 2.39. The molecule has 19 heavy (non-hydrogen) atoms. The van der Waals surface area contributed by atoms with Crippen molar-refractivity contribution in [1.82, 2.24) is 10.2 Å². The molecule has 0 bridgehead atoms. The third-order valence-corrected chi connectivity index (χ3v) is 3.60. The fourth-order valence-electron chi connectivity index (χ4n) is 2.25. The molecular formula is C13H18BrCl2N3. The fraction of sp³-hybridized carbons (Fsp3) is 0.462. The summed E-state index contributed by atoms with van der Waals surface area (Å²) in [6.45, 7) is 4.05. The minimum Gasteiger partial charge on any atom is -0.314 e. The lowest BCUT2D eigenvalue weighted by atomic mass is 10.0. The average molecular weight is 367 g/mol. The molecule has 1 N–H and O–H groups in total. The highest BCUT2D eigenvalue weighted by molar-refractivity contribution is 9.10. The second-order valence-electron chi connectivity index (χ2n) is 4.22. The van der Waals surface area contributed by atoms with Crippen molar-refractivity contribution in [2.45, 2.75) is 12.5 Å². The molecule has 1 aromatic carbocycles. The zero-order chi connectivity index (χ0) is 12.1. The van der Waals surface area contributed by atoms with E-state index in [2.05, 4.69) is 44.3 Å². The molecule has 0 aliphatic carbocycles. The molecule has 3 nitrogen and oxygen atoms in total. The molecule has 2 rings (SSSR count). The van der Waals surface area contributed by atoms with Crippen molar-refractivity contribution in [2.75, 3.05) is 26.2 Å². The smallest absolute Gasteiger partial charge is 0.0641 e. The van der Waals surface area contributed by atoms with E-state index in [9.17, 15) is 0 Å². The van der Waals surface area contributed by atoms with Crippen molar-refractivity contribution in [1.29, 1.82) is 5.26 Å². The van der Waals surface area contributed by atoms with Crippen LogP contribution in [0.3, 0.4) is 0 Å². The van der Waals surface area contributed by atoms with Gasteiger partial charge < -0.3 is 5.32 Å². The van der Waals surface area contributed by atoms with Gasteiger partial charge in [0.05, 0.1) is 12.5 Å². The van der Waals surface area contributed by atoms with E-state index < -0.39 is 0 Å². The van der Waals surface area contributed by atoms with Crippen LogP contribution in [0.4, 0.5) is 0 Å². The van der Waals surface area contributed by atoms with Crippen molar-refractivity contribution in [3.05, 3.63) is 34.3 Å². The zero-order valence-electron chi connectivity index (χ0n) is 10.5. The first-order valence-corrected chi connectivity index (χ1v) is 6.68. The van der Waals surface area contributed by atoms with Crippen LogP contribution in [0.1, 0.15) is 18.0 Å². The van der Waals surface area contributed by atoms with Gasteiger partial charge in [-0.25, -0.2) is 0 Å². The fourth-order valence-corrected chi connectivity index (χ4v) is 2.67. The molecule has 1 atom stereocenters. The van der Waals surface area contributed by atoms with E-state index in [1.807, 2.05) is 12.1 Å². The van der Waals surface area contributed by atoms with Gasteiger partial charge in [0.15, 0.2) is 0 Å². The van der Waals surface area contributed by atoms with Crippen molar-refractivity contribution in [3.8, 4) is 6.07 Å². The number of hydrogen-bond acceptors (Lipinski definition) is 3. The van der Waals surface area contributed by atoms with Crippen molar-refractivity contribution in [2.24, 2.45) is 0 Å². The molecule has 1 aliphatic heterocycles. The molecule has 106 valence electrons.